The van der Waals surface area contributed by atoms with Gasteiger partial charge in [0.2, 0.25) is 10.0 Å². The quantitative estimate of drug-likeness (QED) is 0.560. The van der Waals surface area contributed by atoms with E-state index in [0.29, 0.717) is 28.2 Å². The molecule has 0 aliphatic heterocycles. The maximum atomic E-state index is 11.3. The van der Waals surface area contributed by atoms with Crippen LogP contribution in [0.5, 0.6) is 0 Å². The van der Waals surface area contributed by atoms with Crippen molar-refractivity contribution in [2.24, 2.45) is 0 Å². The summed E-state index contributed by atoms with van der Waals surface area (Å²) in [6.45, 7) is 0. The number of aliphatic hydroxyl groups is 2. The molecule has 138 valence electrons. The van der Waals surface area contributed by atoms with Crippen molar-refractivity contribution in [3.8, 4) is 23.0 Å². The lowest BCUT2D eigenvalue weighted by Crippen LogP contribution is -2.09. The van der Waals surface area contributed by atoms with Crippen LogP contribution in [0, 0.1) is 11.3 Å². The van der Waals surface area contributed by atoms with Crippen molar-refractivity contribution >= 4 is 15.7 Å². The number of benzene rings is 1. The highest BCUT2D eigenvalue weighted by Gasteiger charge is 2.12. The molecule has 2 heterocycles. The first-order valence-corrected chi connectivity index (χ1v) is 9.55. The van der Waals surface area contributed by atoms with E-state index in [1.54, 1.807) is 24.3 Å². The van der Waals surface area contributed by atoms with Crippen molar-refractivity contribution in [3.05, 3.63) is 60.0 Å². The van der Waals surface area contributed by atoms with Crippen LogP contribution in [0.2, 0.25) is 0 Å². The first-order valence-electron chi connectivity index (χ1n) is 7.66. The molecule has 0 saturated carbocycles. The maximum absolute atomic E-state index is 11.3. The van der Waals surface area contributed by atoms with Gasteiger partial charge in [0, 0.05) is 35.3 Å². The number of aliphatic hydroxyl groups excluding tert-OH is 1. The van der Waals surface area contributed by atoms with E-state index in [2.05, 4.69) is 20.9 Å². The number of pyridine rings is 1. The summed E-state index contributed by atoms with van der Waals surface area (Å²) >= 11 is 0. The molecular formula is C17H15N5O4S. The van der Waals surface area contributed by atoms with Crippen LogP contribution in [-0.2, 0) is 10.0 Å². The number of sulfonamides is 1. The molecular weight excluding hydrogens is 370 g/mol. The minimum absolute atomic E-state index is 0.202. The number of anilines is 1. The lowest BCUT2D eigenvalue weighted by molar-refractivity contribution is -0.0425. The predicted molar refractivity (Wildman–Crippen MR) is 97.2 cm³/mol. The number of aromatic nitrogens is 3. The van der Waals surface area contributed by atoms with Gasteiger partial charge in [-0.1, -0.05) is 12.1 Å². The fraction of sp³-hybridized carbons (Fsp3) is 0.118. The highest BCUT2D eigenvalue weighted by Crippen LogP contribution is 2.26. The van der Waals surface area contributed by atoms with E-state index < -0.39 is 16.3 Å². The zero-order valence-electron chi connectivity index (χ0n) is 14.1. The third-order valence-corrected chi connectivity index (χ3v) is 4.25. The van der Waals surface area contributed by atoms with Crippen molar-refractivity contribution in [3.63, 3.8) is 0 Å². The molecule has 0 unspecified atom stereocenters. The van der Waals surface area contributed by atoms with Crippen LogP contribution in [0.25, 0.3) is 16.9 Å². The van der Waals surface area contributed by atoms with E-state index in [1.165, 1.54) is 29.3 Å². The topological polar surface area (TPSA) is 141 Å². The van der Waals surface area contributed by atoms with Crippen LogP contribution in [0.1, 0.15) is 17.4 Å². The SMILES string of the molecule is CS(=O)(=O)Nc1ccc(-c2cnc(-n3cc(C(O)O)cn3)cc2C#N)cc1. The second-order valence-corrected chi connectivity index (χ2v) is 7.49. The van der Waals surface area contributed by atoms with Gasteiger partial charge in [0.05, 0.1) is 24.1 Å². The molecule has 3 rings (SSSR count). The number of nitrogens with one attached hydrogen (secondary N) is 1. The third kappa shape index (κ3) is 4.29. The molecule has 3 N–H and O–H groups in total. The highest BCUT2D eigenvalue weighted by molar-refractivity contribution is 7.92. The molecule has 0 aliphatic rings. The van der Waals surface area contributed by atoms with Gasteiger partial charge in [-0.05, 0) is 17.7 Å². The second-order valence-electron chi connectivity index (χ2n) is 5.74. The summed E-state index contributed by atoms with van der Waals surface area (Å²) in [7, 11) is -3.37. The monoisotopic (exact) mass is 385 g/mol. The van der Waals surface area contributed by atoms with Crippen LogP contribution in [0.15, 0.2) is 48.9 Å². The molecule has 0 radical (unpaired) electrons. The highest BCUT2D eigenvalue weighted by atomic mass is 32.2. The summed E-state index contributed by atoms with van der Waals surface area (Å²) in [5, 5.41) is 31.8. The van der Waals surface area contributed by atoms with Crippen LogP contribution in [0.3, 0.4) is 0 Å². The molecule has 0 spiro atoms. The molecule has 0 fully saturated rings. The summed E-state index contributed by atoms with van der Waals surface area (Å²) in [6.07, 6.45) is 3.61. The number of nitrogens with zero attached hydrogens (tertiary/aromatic N) is 4. The van der Waals surface area contributed by atoms with Crippen molar-refractivity contribution < 1.29 is 18.6 Å². The Kier molecular flexibility index (Phi) is 4.91. The normalized spacial score (nSPS) is 11.4. The minimum Gasteiger partial charge on any atom is -0.364 e. The average Bonchev–Trinajstić information content (AvgIpc) is 3.11. The van der Waals surface area contributed by atoms with E-state index in [9.17, 15) is 13.7 Å². The van der Waals surface area contributed by atoms with Gasteiger partial charge in [0.1, 0.15) is 0 Å². The Hall–Kier alpha value is -3.26. The van der Waals surface area contributed by atoms with E-state index in [1.807, 2.05) is 0 Å². The predicted octanol–water partition coefficient (Wildman–Crippen LogP) is 1.16. The van der Waals surface area contributed by atoms with Gasteiger partial charge in [-0.25, -0.2) is 18.1 Å². The number of hydrogen-bond donors (Lipinski definition) is 3. The largest absolute Gasteiger partial charge is 0.364 e. The van der Waals surface area contributed by atoms with Crippen molar-refractivity contribution in [2.45, 2.75) is 6.29 Å². The van der Waals surface area contributed by atoms with E-state index >= 15 is 0 Å². The molecule has 0 saturated heterocycles. The lowest BCUT2D eigenvalue weighted by atomic mass is 10.0. The average molecular weight is 385 g/mol. The van der Waals surface area contributed by atoms with Crippen LogP contribution in [-0.4, -0.2) is 39.7 Å². The standard InChI is InChI=1S/C17H15N5O4S/c1-27(25,26)21-14-4-2-11(3-5-14)15-9-19-16(6-12(15)7-18)22-10-13(8-20-22)17(23)24/h2-6,8-10,17,21,23-24H,1H3. The first-order chi connectivity index (χ1) is 12.8. The Morgan fingerprint density at radius 1 is 1.22 bits per heavy atom. The van der Waals surface area contributed by atoms with E-state index in [-0.39, 0.29) is 5.56 Å². The van der Waals surface area contributed by atoms with Gasteiger partial charge in [-0.2, -0.15) is 10.4 Å². The zero-order valence-corrected chi connectivity index (χ0v) is 14.9. The first kappa shape index (κ1) is 18.5. The fourth-order valence-corrected chi connectivity index (χ4v) is 2.98. The van der Waals surface area contributed by atoms with Crippen molar-refractivity contribution in [1.82, 2.24) is 14.8 Å². The third-order valence-electron chi connectivity index (χ3n) is 3.64. The van der Waals surface area contributed by atoms with E-state index in [0.717, 1.165) is 6.26 Å². The summed E-state index contributed by atoms with van der Waals surface area (Å²) in [6, 6.07) is 10.2. The minimum atomic E-state index is -3.37. The van der Waals surface area contributed by atoms with Gasteiger partial charge in [0.25, 0.3) is 0 Å². The van der Waals surface area contributed by atoms with Gasteiger partial charge in [-0.15, -0.1) is 0 Å². The van der Waals surface area contributed by atoms with Crippen LogP contribution < -0.4 is 4.72 Å². The molecule has 2 aromatic heterocycles. The van der Waals surface area contributed by atoms with Crippen LogP contribution >= 0.6 is 0 Å². The van der Waals surface area contributed by atoms with Gasteiger partial charge in [-0.3, -0.25) is 4.72 Å². The molecule has 27 heavy (non-hydrogen) atoms. The molecule has 0 atom stereocenters. The lowest BCUT2D eigenvalue weighted by Gasteiger charge is -2.08. The Morgan fingerprint density at radius 3 is 2.48 bits per heavy atom. The molecule has 1 aromatic carbocycles. The maximum Gasteiger partial charge on any atom is 0.229 e. The molecule has 0 aliphatic carbocycles. The number of hydrogen-bond acceptors (Lipinski definition) is 7. The Morgan fingerprint density at radius 2 is 1.93 bits per heavy atom. The molecule has 10 heteroatoms. The van der Waals surface area contributed by atoms with Gasteiger partial charge in [0.15, 0.2) is 12.1 Å². The van der Waals surface area contributed by atoms with Gasteiger partial charge < -0.3 is 10.2 Å². The Balaban J connectivity index is 1.94. The smallest absolute Gasteiger partial charge is 0.229 e. The summed E-state index contributed by atoms with van der Waals surface area (Å²) in [4.78, 5) is 4.26. The molecule has 0 bridgehead atoms. The zero-order chi connectivity index (χ0) is 19.6. The molecule has 0 amide bonds. The molecule has 9 nitrogen and oxygen atoms in total. The number of rotatable bonds is 5. The summed E-state index contributed by atoms with van der Waals surface area (Å²) < 4.78 is 26.2. The number of nitriles is 1. The summed E-state index contributed by atoms with van der Waals surface area (Å²) in [5.74, 6) is 0.345. The molecule has 3 aromatic rings. The fourth-order valence-electron chi connectivity index (χ4n) is 2.42. The Bertz CT molecular complexity index is 1110. The Labute approximate surface area is 155 Å². The van der Waals surface area contributed by atoms with Gasteiger partial charge >= 0.3 is 0 Å². The van der Waals surface area contributed by atoms with E-state index in [4.69, 9.17) is 10.2 Å². The van der Waals surface area contributed by atoms with Crippen molar-refractivity contribution in [1.29, 1.82) is 5.26 Å². The second kappa shape index (κ2) is 7.16. The summed E-state index contributed by atoms with van der Waals surface area (Å²) in [5.41, 5.74) is 2.22. The van der Waals surface area contributed by atoms with Crippen molar-refractivity contribution in [2.75, 3.05) is 11.0 Å². The van der Waals surface area contributed by atoms with Crippen LogP contribution in [0.4, 0.5) is 5.69 Å².